The van der Waals surface area contributed by atoms with E-state index < -0.39 is 0 Å². The molecule has 29 heavy (non-hydrogen) atoms. The molecule has 142 valence electrons. The molecule has 1 heterocycles. The topological polar surface area (TPSA) is 63.7 Å². The van der Waals surface area contributed by atoms with Gasteiger partial charge in [-0.3, -0.25) is 0 Å². The number of rotatable bonds is 7. The Morgan fingerprint density at radius 1 is 0.897 bits per heavy atom. The van der Waals surface area contributed by atoms with Crippen LogP contribution in [0.25, 0.3) is 11.1 Å². The highest BCUT2D eigenvalue weighted by molar-refractivity contribution is 5.63. The number of nitrogens with zero attached hydrogens (tertiary/aromatic N) is 4. The molecule has 0 radical (unpaired) electrons. The van der Waals surface area contributed by atoms with E-state index in [4.69, 9.17) is 4.74 Å². The molecule has 0 spiro atoms. The molecular weight excluding hydrogens is 360 g/mol. The van der Waals surface area contributed by atoms with E-state index in [9.17, 15) is 5.26 Å². The Morgan fingerprint density at radius 3 is 2.38 bits per heavy atom. The van der Waals surface area contributed by atoms with Crippen molar-refractivity contribution < 1.29 is 4.74 Å². The molecule has 4 aromatic rings. The summed E-state index contributed by atoms with van der Waals surface area (Å²) in [7, 11) is 0. The Kier molecular flexibility index (Phi) is 5.63. The van der Waals surface area contributed by atoms with E-state index in [1.165, 1.54) is 23.0 Å². The molecule has 0 unspecified atom stereocenters. The van der Waals surface area contributed by atoms with Gasteiger partial charge in [0.1, 0.15) is 24.5 Å². The van der Waals surface area contributed by atoms with Gasteiger partial charge in [-0.25, -0.2) is 9.67 Å². The van der Waals surface area contributed by atoms with Gasteiger partial charge >= 0.3 is 0 Å². The smallest absolute Gasteiger partial charge is 0.137 e. The second-order valence-corrected chi connectivity index (χ2v) is 6.70. The van der Waals surface area contributed by atoms with Crippen molar-refractivity contribution in [1.82, 2.24) is 14.8 Å². The Bertz CT molecular complexity index is 1100. The maximum atomic E-state index is 9.36. The van der Waals surface area contributed by atoms with E-state index in [2.05, 4.69) is 52.6 Å². The first-order chi connectivity index (χ1) is 14.3. The third-order valence-electron chi connectivity index (χ3n) is 4.69. The third kappa shape index (κ3) is 4.69. The molecular formula is C24H20N4O. The van der Waals surface area contributed by atoms with Crippen LogP contribution in [0, 0.1) is 11.3 Å². The van der Waals surface area contributed by atoms with E-state index in [-0.39, 0.29) is 0 Å². The molecule has 5 heteroatoms. The summed E-state index contributed by atoms with van der Waals surface area (Å²) in [4.78, 5) is 3.95. The van der Waals surface area contributed by atoms with Gasteiger partial charge in [-0.15, -0.1) is 0 Å². The van der Waals surface area contributed by atoms with Gasteiger partial charge in [-0.1, -0.05) is 60.7 Å². The van der Waals surface area contributed by atoms with Crippen LogP contribution < -0.4 is 4.74 Å². The van der Waals surface area contributed by atoms with Crippen LogP contribution in [-0.4, -0.2) is 21.4 Å². The minimum atomic E-state index is 0.506. The van der Waals surface area contributed by atoms with Gasteiger partial charge in [0.05, 0.1) is 18.7 Å². The fourth-order valence-corrected chi connectivity index (χ4v) is 3.15. The minimum absolute atomic E-state index is 0.506. The van der Waals surface area contributed by atoms with Gasteiger partial charge in [0.25, 0.3) is 0 Å². The molecule has 0 atom stereocenters. The second kappa shape index (κ2) is 8.85. The molecule has 4 rings (SSSR count). The standard InChI is InChI=1S/C24H20N4O/c25-15-23-11-8-20(16-28-18-26-17-27-28)14-24(23)29-13-12-19-6-9-22(10-7-19)21-4-2-1-3-5-21/h1-11,14,17-18H,12-13,16H2. The van der Waals surface area contributed by atoms with E-state index in [1.54, 1.807) is 17.1 Å². The normalized spacial score (nSPS) is 10.4. The highest BCUT2D eigenvalue weighted by Crippen LogP contribution is 2.22. The second-order valence-electron chi connectivity index (χ2n) is 6.70. The summed E-state index contributed by atoms with van der Waals surface area (Å²) in [5.74, 6) is 0.603. The molecule has 0 saturated heterocycles. The lowest BCUT2D eigenvalue weighted by Gasteiger charge is -2.10. The van der Waals surface area contributed by atoms with Crippen LogP contribution in [-0.2, 0) is 13.0 Å². The maximum absolute atomic E-state index is 9.36. The van der Waals surface area contributed by atoms with Crippen molar-refractivity contribution in [2.45, 2.75) is 13.0 Å². The summed E-state index contributed by atoms with van der Waals surface area (Å²) in [5.41, 5.74) is 5.14. The fourth-order valence-electron chi connectivity index (χ4n) is 3.15. The number of nitriles is 1. The average molecular weight is 380 g/mol. The number of hydrogen-bond acceptors (Lipinski definition) is 4. The number of ether oxygens (including phenoxy) is 1. The van der Waals surface area contributed by atoms with Crippen molar-refractivity contribution in [3.8, 4) is 22.9 Å². The van der Waals surface area contributed by atoms with Crippen molar-refractivity contribution in [1.29, 1.82) is 5.26 Å². The van der Waals surface area contributed by atoms with Gasteiger partial charge in [0.15, 0.2) is 0 Å². The summed E-state index contributed by atoms with van der Waals surface area (Å²) < 4.78 is 7.67. The highest BCUT2D eigenvalue weighted by atomic mass is 16.5. The Hall–Kier alpha value is -3.91. The molecule has 0 fully saturated rings. The third-order valence-corrected chi connectivity index (χ3v) is 4.69. The Labute approximate surface area is 169 Å². The van der Waals surface area contributed by atoms with Crippen molar-refractivity contribution in [2.24, 2.45) is 0 Å². The Morgan fingerprint density at radius 2 is 1.66 bits per heavy atom. The first-order valence-corrected chi connectivity index (χ1v) is 9.44. The first kappa shape index (κ1) is 18.5. The van der Waals surface area contributed by atoms with E-state index in [0.717, 1.165) is 12.0 Å². The molecule has 0 saturated carbocycles. The lowest BCUT2D eigenvalue weighted by atomic mass is 10.0. The summed E-state index contributed by atoms with van der Waals surface area (Å²) in [6, 6.07) is 26.6. The first-order valence-electron chi connectivity index (χ1n) is 9.44. The highest BCUT2D eigenvalue weighted by Gasteiger charge is 2.07. The summed E-state index contributed by atoms with van der Waals surface area (Å²) in [6.07, 6.45) is 3.94. The van der Waals surface area contributed by atoms with Crippen LogP contribution in [0.15, 0.2) is 85.5 Å². The predicted octanol–water partition coefficient (Wildman–Crippen LogP) is 4.49. The van der Waals surface area contributed by atoms with Gasteiger partial charge in [0, 0.05) is 6.42 Å². The number of hydrogen-bond donors (Lipinski definition) is 0. The SMILES string of the molecule is N#Cc1ccc(Cn2cncn2)cc1OCCc1ccc(-c2ccccc2)cc1. The molecule has 0 aliphatic carbocycles. The monoisotopic (exact) mass is 380 g/mol. The Balaban J connectivity index is 1.39. The van der Waals surface area contributed by atoms with Gasteiger partial charge in [-0.2, -0.15) is 10.4 Å². The number of benzene rings is 3. The summed E-state index contributed by atoms with van der Waals surface area (Å²) >= 11 is 0. The van der Waals surface area contributed by atoms with E-state index in [1.807, 2.05) is 30.3 Å². The zero-order chi connectivity index (χ0) is 19.9. The zero-order valence-corrected chi connectivity index (χ0v) is 15.9. The van der Waals surface area contributed by atoms with Gasteiger partial charge in [-0.05, 0) is 34.4 Å². The van der Waals surface area contributed by atoms with Crippen molar-refractivity contribution in [2.75, 3.05) is 6.61 Å². The molecule has 5 nitrogen and oxygen atoms in total. The average Bonchev–Trinajstić information content (AvgIpc) is 3.28. The van der Waals surface area contributed by atoms with Crippen LogP contribution in [0.5, 0.6) is 5.75 Å². The van der Waals surface area contributed by atoms with Gasteiger partial charge < -0.3 is 4.74 Å². The maximum Gasteiger partial charge on any atom is 0.137 e. The molecule has 0 aliphatic rings. The van der Waals surface area contributed by atoms with Gasteiger partial charge in [0.2, 0.25) is 0 Å². The molecule has 0 aliphatic heterocycles. The van der Waals surface area contributed by atoms with Crippen LogP contribution in [0.2, 0.25) is 0 Å². The lowest BCUT2D eigenvalue weighted by molar-refractivity contribution is 0.320. The lowest BCUT2D eigenvalue weighted by Crippen LogP contribution is -2.05. The number of aromatic nitrogens is 3. The van der Waals surface area contributed by atoms with E-state index >= 15 is 0 Å². The summed E-state index contributed by atoms with van der Waals surface area (Å²) in [5, 5.41) is 13.5. The predicted molar refractivity (Wildman–Crippen MR) is 111 cm³/mol. The molecule has 1 aromatic heterocycles. The molecule has 0 N–H and O–H groups in total. The largest absolute Gasteiger partial charge is 0.492 e. The quantitative estimate of drug-likeness (QED) is 0.474. The van der Waals surface area contributed by atoms with Crippen molar-refractivity contribution in [3.05, 3.63) is 102 Å². The summed E-state index contributed by atoms with van der Waals surface area (Å²) in [6.45, 7) is 1.09. The molecule has 3 aromatic carbocycles. The minimum Gasteiger partial charge on any atom is -0.492 e. The van der Waals surface area contributed by atoms with Crippen LogP contribution >= 0.6 is 0 Å². The van der Waals surface area contributed by atoms with E-state index in [0.29, 0.717) is 24.5 Å². The van der Waals surface area contributed by atoms with Crippen molar-refractivity contribution in [3.63, 3.8) is 0 Å². The van der Waals surface area contributed by atoms with Crippen LogP contribution in [0.1, 0.15) is 16.7 Å². The van der Waals surface area contributed by atoms with Crippen LogP contribution in [0.4, 0.5) is 0 Å². The van der Waals surface area contributed by atoms with Crippen molar-refractivity contribution >= 4 is 0 Å². The molecule has 0 amide bonds. The zero-order valence-electron chi connectivity index (χ0n) is 15.9. The fraction of sp³-hybridized carbons (Fsp3) is 0.125. The van der Waals surface area contributed by atoms with Crippen LogP contribution in [0.3, 0.4) is 0 Å². The molecule has 0 bridgehead atoms.